The normalized spacial score (nSPS) is 14.1. The molecule has 0 aromatic heterocycles. The first-order chi connectivity index (χ1) is 6.75. The van der Waals surface area contributed by atoms with Crippen LogP contribution in [0.2, 0.25) is 0 Å². The van der Waals surface area contributed by atoms with E-state index >= 15 is 0 Å². The highest BCUT2D eigenvalue weighted by Crippen LogP contribution is 2.32. The second-order valence-electron chi connectivity index (χ2n) is 2.78. The summed E-state index contributed by atoms with van der Waals surface area (Å²) in [5.41, 5.74) is 3.51. The number of alkyl halides is 3. The predicted molar refractivity (Wildman–Crippen MR) is 39.3 cm³/mol. The van der Waals surface area contributed by atoms with Gasteiger partial charge in [0.25, 0.3) is 0 Å². The molecule has 0 spiro atoms. The van der Waals surface area contributed by atoms with Crippen LogP contribution in [0.15, 0.2) is 12.1 Å². The van der Waals surface area contributed by atoms with E-state index in [0.717, 1.165) is 0 Å². The van der Waals surface area contributed by atoms with E-state index in [0.29, 0.717) is 12.1 Å². The van der Waals surface area contributed by atoms with Crippen LogP contribution in [-0.4, -0.2) is 6.18 Å². The molecule has 84 valence electrons. The van der Waals surface area contributed by atoms with E-state index in [1.807, 2.05) is 0 Å². The van der Waals surface area contributed by atoms with Crippen molar-refractivity contribution < 1.29 is 26.3 Å². The van der Waals surface area contributed by atoms with Crippen molar-refractivity contribution in [3.63, 3.8) is 0 Å². The highest BCUT2D eigenvalue weighted by atomic mass is 19.4. The molecule has 1 atom stereocenters. The SMILES string of the molecule is N[C@@H](c1ccc(F)c(F)c1F)C(F)(F)F. The van der Waals surface area contributed by atoms with Crippen LogP contribution in [0.25, 0.3) is 0 Å². The average Bonchev–Trinajstić information content (AvgIpc) is 2.12. The van der Waals surface area contributed by atoms with Gasteiger partial charge in [0.2, 0.25) is 0 Å². The van der Waals surface area contributed by atoms with Crippen molar-refractivity contribution in [2.45, 2.75) is 12.2 Å². The Kier molecular flexibility index (Phi) is 2.94. The van der Waals surface area contributed by atoms with Gasteiger partial charge in [-0.3, -0.25) is 0 Å². The number of rotatable bonds is 1. The van der Waals surface area contributed by atoms with Crippen LogP contribution in [0.5, 0.6) is 0 Å². The Balaban J connectivity index is 3.23. The summed E-state index contributed by atoms with van der Waals surface area (Å²) in [4.78, 5) is 0. The topological polar surface area (TPSA) is 26.0 Å². The fourth-order valence-corrected chi connectivity index (χ4v) is 0.957. The minimum Gasteiger partial charge on any atom is -0.316 e. The molecule has 0 fully saturated rings. The summed E-state index contributed by atoms with van der Waals surface area (Å²) in [5.74, 6) is -5.45. The standard InChI is InChI=1S/C8H5F6N/c9-4-2-1-3(5(10)6(4)11)7(15)8(12,13)14/h1-2,7H,15H2/t7-/m0/s1. The van der Waals surface area contributed by atoms with Crippen LogP contribution >= 0.6 is 0 Å². The van der Waals surface area contributed by atoms with Crippen molar-refractivity contribution in [1.82, 2.24) is 0 Å². The van der Waals surface area contributed by atoms with Gasteiger partial charge in [0.1, 0.15) is 6.04 Å². The lowest BCUT2D eigenvalue weighted by Crippen LogP contribution is -2.29. The molecule has 0 saturated carbocycles. The summed E-state index contributed by atoms with van der Waals surface area (Å²) in [7, 11) is 0. The lowest BCUT2D eigenvalue weighted by Gasteiger charge is -2.16. The van der Waals surface area contributed by atoms with Crippen molar-refractivity contribution in [3.05, 3.63) is 35.1 Å². The maximum absolute atomic E-state index is 12.8. The molecular formula is C8H5F6N. The molecule has 7 heteroatoms. The van der Waals surface area contributed by atoms with Gasteiger partial charge in [-0.25, -0.2) is 13.2 Å². The van der Waals surface area contributed by atoms with Gasteiger partial charge in [-0.1, -0.05) is 6.07 Å². The Morgan fingerprint density at radius 2 is 1.53 bits per heavy atom. The van der Waals surface area contributed by atoms with Crippen LogP contribution in [-0.2, 0) is 0 Å². The lowest BCUT2D eigenvalue weighted by molar-refractivity contribution is -0.149. The van der Waals surface area contributed by atoms with Crippen molar-refractivity contribution in [2.24, 2.45) is 5.73 Å². The molecule has 2 N–H and O–H groups in total. The van der Waals surface area contributed by atoms with Crippen molar-refractivity contribution in [3.8, 4) is 0 Å². The van der Waals surface area contributed by atoms with E-state index in [1.165, 1.54) is 0 Å². The molecule has 0 aliphatic carbocycles. The Labute approximate surface area is 80.5 Å². The van der Waals surface area contributed by atoms with Gasteiger partial charge in [0.05, 0.1) is 0 Å². The van der Waals surface area contributed by atoms with E-state index in [4.69, 9.17) is 0 Å². The second kappa shape index (κ2) is 3.73. The molecular weight excluding hydrogens is 224 g/mol. The lowest BCUT2D eigenvalue weighted by atomic mass is 10.1. The fraction of sp³-hybridized carbons (Fsp3) is 0.250. The van der Waals surface area contributed by atoms with E-state index in [1.54, 1.807) is 0 Å². The van der Waals surface area contributed by atoms with Gasteiger partial charge in [0, 0.05) is 5.56 Å². The first kappa shape index (κ1) is 11.8. The molecule has 0 aliphatic heterocycles. The molecule has 0 heterocycles. The minimum absolute atomic E-state index is 0.388. The van der Waals surface area contributed by atoms with Crippen LogP contribution < -0.4 is 5.73 Å². The van der Waals surface area contributed by atoms with E-state index in [2.05, 4.69) is 5.73 Å². The van der Waals surface area contributed by atoms with Crippen molar-refractivity contribution in [1.29, 1.82) is 0 Å². The minimum atomic E-state index is -4.91. The third-order valence-electron chi connectivity index (χ3n) is 1.75. The van der Waals surface area contributed by atoms with E-state index in [-0.39, 0.29) is 0 Å². The zero-order valence-electron chi connectivity index (χ0n) is 7.08. The molecule has 0 radical (unpaired) electrons. The molecule has 0 aliphatic rings. The third-order valence-corrected chi connectivity index (χ3v) is 1.75. The summed E-state index contributed by atoms with van der Waals surface area (Å²) in [6.45, 7) is 0. The van der Waals surface area contributed by atoms with Gasteiger partial charge >= 0.3 is 6.18 Å². The highest BCUT2D eigenvalue weighted by molar-refractivity contribution is 5.24. The van der Waals surface area contributed by atoms with Crippen LogP contribution in [0, 0.1) is 17.5 Å². The van der Waals surface area contributed by atoms with Gasteiger partial charge in [-0.05, 0) is 6.07 Å². The van der Waals surface area contributed by atoms with Crippen molar-refractivity contribution in [2.75, 3.05) is 0 Å². The number of hydrogen-bond donors (Lipinski definition) is 1. The highest BCUT2D eigenvalue weighted by Gasteiger charge is 2.40. The summed E-state index contributed by atoms with van der Waals surface area (Å²) >= 11 is 0. The number of halogens is 6. The van der Waals surface area contributed by atoms with Gasteiger partial charge in [0.15, 0.2) is 17.5 Å². The second-order valence-corrected chi connectivity index (χ2v) is 2.78. The summed E-state index contributed by atoms with van der Waals surface area (Å²) in [5, 5.41) is 0. The van der Waals surface area contributed by atoms with Gasteiger partial charge in [-0.2, -0.15) is 13.2 Å². The summed E-state index contributed by atoms with van der Waals surface area (Å²) in [6.07, 6.45) is -4.91. The summed E-state index contributed by atoms with van der Waals surface area (Å²) < 4.78 is 73.9. The zero-order chi connectivity index (χ0) is 11.8. The molecule has 0 saturated heterocycles. The smallest absolute Gasteiger partial charge is 0.316 e. The number of benzene rings is 1. The Morgan fingerprint density at radius 3 is 2.00 bits per heavy atom. The van der Waals surface area contributed by atoms with Gasteiger partial charge < -0.3 is 5.73 Å². The predicted octanol–water partition coefficient (Wildman–Crippen LogP) is 2.67. The molecule has 1 aromatic carbocycles. The quantitative estimate of drug-likeness (QED) is 0.581. The number of hydrogen-bond acceptors (Lipinski definition) is 1. The van der Waals surface area contributed by atoms with Crippen LogP contribution in [0.1, 0.15) is 11.6 Å². The molecule has 0 unspecified atom stereocenters. The Morgan fingerprint density at radius 1 is 1.00 bits per heavy atom. The molecule has 15 heavy (non-hydrogen) atoms. The van der Waals surface area contributed by atoms with E-state index < -0.39 is 35.2 Å². The monoisotopic (exact) mass is 229 g/mol. The van der Waals surface area contributed by atoms with E-state index in [9.17, 15) is 26.3 Å². The fourth-order valence-electron chi connectivity index (χ4n) is 0.957. The Hall–Kier alpha value is -1.24. The van der Waals surface area contributed by atoms with Gasteiger partial charge in [-0.15, -0.1) is 0 Å². The average molecular weight is 229 g/mol. The molecule has 1 rings (SSSR count). The maximum atomic E-state index is 12.8. The molecule has 0 bridgehead atoms. The number of nitrogens with two attached hydrogens (primary N) is 1. The Bertz CT molecular complexity index is 372. The largest absolute Gasteiger partial charge is 0.407 e. The third kappa shape index (κ3) is 2.23. The molecule has 1 aromatic rings. The first-order valence-corrected chi connectivity index (χ1v) is 3.71. The zero-order valence-corrected chi connectivity index (χ0v) is 7.08. The molecule has 1 nitrogen and oxygen atoms in total. The van der Waals surface area contributed by atoms with Crippen LogP contribution in [0.4, 0.5) is 26.3 Å². The van der Waals surface area contributed by atoms with Crippen molar-refractivity contribution >= 4 is 0 Å². The maximum Gasteiger partial charge on any atom is 0.407 e. The van der Waals surface area contributed by atoms with Crippen LogP contribution in [0.3, 0.4) is 0 Å². The summed E-state index contributed by atoms with van der Waals surface area (Å²) in [6, 6.07) is -1.82. The first-order valence-electron chi connectivity index (χ1n) is 3.71. The molecule has 0 amide bonds.